The fourth-order valence-corrected chi connectivity index (χ4v) is 1.84. The maximum absolute atomic E-state index is 12.0. The van der Waals surface area contributed by atoms with Crippen molar-refractivity contribution in [2.45, 2.75) is 32.8 Å². The Hall–Kier alpha value is -2.23. The molecule has 0 radical (unpaired) electrons. The lowest BCUT2D eigenvalue weighted by Gasteiger charge is -2.19. The Morgan fingerprint density at radius 2 is 1.80 bits per heavy atom. The molecule has 4 heteroatoms. The van der Waals surface area contributed by atoms with Crippen LogP contribution in [0.3, 0.4) is 0 Å². The van der Waals surface area contributed by atoms with Crippen molar-refractivity contribution in [1.82, 2.24) is 4.98 Å². The molecule has 0 amide bonds. The van der Waals surface area contributed by atoms with E-state index < -0.39 is 11.6 Å². The van der Waals surface area contributed by atoms with Crippen LogP contribution < -0.4 is 0 Å². The van der Waals surface area contributed by atoms with Gasteiger partial charge in [0.15, 0.2) is 5.78 Å². The van der Waals surface area contributed by atoms with Crippen LogP contribution in [0, 0.1) is 0 Å². The lowest BCUT2D eigenvalue weighted by atomic mass is 10.1. The van der Waals surface area contributed by atoms with E-state index in [-0.39, 0.29) is 17.9 Å². The third-order valence-corrected chi connectivity index (χ3v) is 2.64. The average Bonchev–Trinajstić information content (AvgIpc) is 2.35. The van der Waals surface area contributed by atoms with E-state index in [0.717, 1.165) is 10.8 Å². The van der Waals surface area contributed by atoms with Gasteiger partial charge in [-0.05, 0) is 32.2 Å². The van der Waals surface area contributed by atoms with Gasteiger partial charge in [-0.25, -0.2) is 0 Å². The normalized spacial score (nSPS) is 11.3. The molecule has 0 atom stereocenters. The second kappa shape index (κ2) is 5.41. The quantitative estimate of drug-likeness (QED) is 0.489. The minimum absolute atomic E-state index is 0.287. The first-order valence-electron chi connectivity index (χ1n) is 6.45. The maximum atomic E-state index is 12.0. The van der Waals surface area contributed by atoms with E-state index >= 15 is 0 Å². The van der Waals surface area contributed by atoms with Gasteiger partial charge < -0.3 is 4.74 Å². The van der Waals surface area contributed by atoms with Gasteiger partial charge in [-0.15, -0.1) is 0 Å². The Kier molecular flexibility index (Phi) is 3.84. The van der Waals surface area contributed by atoms with Crippen molar-refractivity contribution in [2.24, 2.45) is 0 Å². The zero-order chi connectivity index (χ0) is 14.8. The van der Waals surface area contributed by atoms with Crippen LogP contribution in [0.2, 0.25) is 0 Å². The average molecular weight is 271 g/mol. The van der Waals surface area contributed by atoms with Crippen LogP contribution >= 0.6 is 0 Å². The number of ketones is 1. The van der Waals surface area contributed by atoms with Crippen molar-refractivity contribution >= 4 is 22.5 Å². The molecule has 1 heterocycles. The number of hydrogen-bond acceptors (Lipinski definition) is 4. The van der Waals surface area contributed by atoms with Gasteiger partial charge in [-0.1, -0.05) is 24.3 Å². The second-order valence-corrected chi connectivity index (χ2v) is 5.60. The van der Waals surface area contributed by atoms with Gasteiger partial charge in [-0.3, -0.25) is 14.6 Å². The Morgan fingerprint density at radius 1 is 1.15 bits per heavy atom. The monoisotopic (exact) mass is 271 g/mol. The topological polar surface area (TPSA) is 56.3 Å². The highest BCUT2D eigenvalue weighted by molar-refractivity contribution is 6.06. The maximum Gasteiger partial charge on any atom is 0.314 e. The van der Waals surface area contributed by atoms with Crippen LogP contribution in [-0.4, -0.2) is 22.3 Å². The van der Waals surface area contributed by atoms with E-state index in [0.29, 0.717) is 0 Å². The first-order valence-corrected chi connectivity index (χ1v) is 6.45. The number of rotatable bonds is 3. The summed E-state index contributed by atoms with van der Waals surface area (Å²) in [4.78, 5) is 27.8. The Morgan fingerprint density at radius 3 is 2.45 bits per heavy atom. The number of ether oxygens (including phenoxy) is 1. The van der Waals surface area contributed by atoms with Crippen LogP contribution in [0.1, 0.15) is 37.7 Å². The highest BCUT2D eigenvalue weighted by Gasteiger charge is 2.20. The van der Waals surface area contributed by atoms with E-state index in [1.165, 1.54) is 0 Å². The summed E-state index contributed by atoms with van der Waals surface area (Å²) < 4.78 is 5.13. The standard InChI is InChI=1S/C16H17NO3/c1-16(2,3)20-15(19)9-14(18)13-8-11-6-4-5-7-12(11)10-17-13/h4-8,10H,9H2,1-3H3. The Bertz CT molecular complexity index is 656. The minimum Gasteiger partial charge on any atom is -0.460 e. The number of hydrogen-bond donors (Lipinski definition) is 0. The van der Waals surface area contributed by atoms with E-state index in [1.807, 2.05) is 24.3 Å². The molecule has 0 fully saturated rings. The van der Waals surface area contributed by atoms with Gasteiger partial charge >= 0.3 is 5.97 Å². The molecule has 0 aliphatic carbocycles. The van der Waals surface area contributed by atoms with E-state index in [2.05, 4.69) is 4.98 Å². The lowest BCUT2D eigenvalue weighted by molar-refractivity contribution is -0.153. The van der Waals surface area contributed by atoms with Crippen LogP contribution in [0.25, 0.3) is 10.8 Å². The molecule has 0 bridgehead atoms. The SMILES string of the molecule is CC(C)(C)OC(=O)CC(=O)c1cc2ccccc2cn1. The van der Waals surface area contributed by atoms with Crippen molar-refractivity contribution in [3.63, 3.8) is 0 Å². The largest absolute Gasteiger partial charge is 0.460 e. The smallest absolute Gasteiger partial charge is 0.314 e. The molecule has 104 valence electrons. The molecule has 0 aliphatic rings. The number of carbonyl (C=O) groups excluding carboxylic acids is 2. The minimum atomic E-state index is -0.589. The molecule has 4 nitrogen and oxygen atoms in total. The van der Waals surface area contributed by atoms with E-state index in [4.69, 9.17) is 4.74 Å². The van der Waals surface area contributed by atoms with Crippen LogP contribution in [0.5, 0.6) is 0 Å². The second-order valence-electron chi connectivity index (χ2n) is 5.60. The van der Waals surface area contributed by atoms with Crippen molar-refractivity contribution in [3.05, 3.63) is 42.2 Å². The number of carbonyl (C=O) groups is 2. The number of Topliss-reactive ketones (excluding diaryl/α,β-unsaturated/α-hetero) is 1. The highest BCUT2D eigenvalue weighted by Crippen LogP contribution is 2.15. The van der Waals surface area contributed by atoms with Crippen molar-refractivity contribution in [1.29, 1.82) is 0 Å². The molecule has 1 aromatic carbocycles. The van der Waals surface area contributed by atoms with Gasteiger partial charge in [0, 0.05) is 11.6 Å². The highest BCUT2D eigenvalue weighted by atomic mass is 16.6. The number of benzene rings is 1. The summed E-state index contributed by atoms with van der Waals surface area (Å²) in [5, 5.41) is 1.89. The third kappa shape index (κ3) is 3.63. The number of fused-ring (bicyclic) bond motifs is 1. The fraction of sp³-hybridized carbons (Fsp3) is 0.312. The van der Waals surface area contributed by atoms with Gasteiger partial charge in [0.25, 0.3) is 0 Å². The van der Waals surface area contributed by atoms with Crippen LogP contribution in [-0.2, 0) is 9.53 Å². The molecule has 20 heavy (non-hydrogen) atoms. The molecule has 0 aliphatic heterocycles. The summed E-state index contributed by atoms with van der Waals surface area (Å²) >= 11 is 0. The number of nitrogens with zero attached hydrogens (tertiary/aromatic N) is 1. The predicted octanol–water partition coefficient (Wildman–Crippen LogP) is 3.15. The van der Waals surface area contributed by atoms with Crippen molar-refractivity contribution in [2.75, 3.05) is 0 Å². The molecule has 0 saturated heterocycles. The lowest BCUT2D eigenvalue weighted by Crippen LogP contribution is -2.25. The zero-order valence-corrected chi connectivity index (χ0v) is 11.8. The first-order chi connectivity index (χ1) is 9.35. The van der Waals surface area contributed by atoms with Gasteiger partial charge in [0.1, 0.15) is 17.7 Å². The molecule has 2 aromatic rings. The molecule has 0 N–H and O–H groups in total. The Labute approximate surface area is 117 Å². The summed E-state index contributed by atoms with van der Waals surface area (Å²) in [5.41, 5.74) is -0.302. The molecule has 0 saturated carbocycles. The summed E-state index contributed by atoms with van der Waals surface area (Å²) in [5.74, 6) is -0.859. The number of aromatic nitrogens is 1. The molecular formula is C16H17NO3. The zero-order valence-electron chi connectivity index (χ0n) is 11.8. The summed E-state index contributed by atoms with van der Waals surface area (Å²) in [6, 6.07) is 9.32. The predicted molar refractivity (Wildman–Crippen MR) is 76.5 cm³/mol. The number of pyridine rings is 1. The van der Waals surface area contributed by atoms with Crippen LogP contribution in [0.4, 0.5) is 0 Å². The van der Waals surface area contributed by atoms with Gasteiger partial charge in [0.05, 0.1) is 0 Å². The van der Waals surface area contributed by atoms with Crippen molar-refractivity contribution in [3.8, 4) is 0 Å². The summed E-state index contributed by atoms with van der Waals surface area (Å²) in [6.07, 6.45) is 1.35. The van der Waals surface area contributed by atoms with E-state index in [9.17, 15) is 9.59 Å². The molecule has 0 unspecified atom stereocenters. The van der Waals surface area contributed by atoms with E-state index in [1.54, 1.807) is 33.0 Å². The Balaban J connectivity index is 2.13. The fourth-order valence-electron chi connectivity index (χ4n) is 1.84. The molecule has 2 rings (SSSR count). The van der Waals surface area contributed by atoms with Gasteiger partial charge in [-0.2, -0.15) is 0 Å². The summed E-state index contributed by atoms with van der Waals surface area (Å²) in [7, 11) is 0. The summed E-state index contributed by atoms with van der Waals surface area (Å²) in [6.45, 7) is 5.30. The van der Waals surface area contributed by atoms with Crippen LogP contribution in [0.15, 0.2) is 36.5 Å². The first kappa shape index (κ1) is 14.2. The third-order valence-electron chi connectivity index (χ3n) is 2.64. The molecule has 1 aromatic heterocycles. The van der Waals surface area contributed by atoms with Gasteiger partial charge in [0.2, 0.25) is 0 Å². The molecular weight excluding hydrogens is 254 g/mol. The molecule has 0 spiro atoms. The number of esters is 1. The van der Waals surface area contributed by atoms with Crippen molar-refractivity contribution < 1.29 is 14.3 Å².